The molecule has 0 unspecified atom stereocenters. The van der Waals surface area contributed by atoms with Gasteiger partial charge < -0.3 is 9.72 Å². The number of ether oxygens (including phenoxy) is 1. The van der Waals surface area contributed by atoms with E-state index < -0.39 is 0 Å². The molecule has 0 atom stereocenters. The third-order valence-electron chi connectivity index (χ3n) is 6.24. The Morgan fingerprint density at radius 1 is 0.711 bits per heavy atom. The molecule has 0 fully saturated rings. The molecule has 0 spiro atoms. The second-order valence-corrected chi connectivity index (χ2v) is 8.73. The van der Waals surface area contributed by atoms with Crippen LogP contribution in [0, 0.1) is 0 Å². The molecule has 0 aliphatic rings. The average molecular weight is 497 g/mol. The normalized spacial score (nSPS) is 11.3. The van der Waals surface area contributed by atoms with Gasteiger partial charge in [0.25, 0.3) is 0 Å². The van der Waals surface area contributed by atoms with Gasteiger partial charge in [-0.2, -0.15) is 5.10 Å². The van der Waals surface area contributed by atoms with E-state index in [0.29, 0.717) is 29.4 Å². The van der Waals surface area contributed by atoms with Gasteiger partial charge in [-0.15, -0.1) is 0 Å². The van der Waals surface area contributed by atoms with E-state index in [9.17, 15) is 0 Å². The monoisotopic (exact) mass is 496 g/mol. The third-order valence-corrected chi connectivity index (χ3v) is 6.24. The number of benzene rings is 1. The molecule has 7 rings (SSSR count). The summed E-state index contributed by atoms with van der Waals surface area (Å²) in [7, 11) is 0. The van der Waals surface area contributed by atoms with Crippen molar-refractivity contribution in [3.63, 3.8) is 0 Å². The number of hydrogen-bond donors (Lipinski definition) is 2. The zero-order valence-electron chi connectivity index (χ0n) is 20.0. The molecule has 0 amide bonds. The van der Waals surface area contributed by atoms with Gasteiger partial charge in [0.15, 0.2) is 11.5 Å². The number of fused-ring (bicyclic) bond motifs is 2. The topological polar surface area (TPSA) is 118 Å². The average Bonchev–Trinajstić information content (AvgIpc) is 3.61. The van der Waals surface area contributed by atoms with Crippen molar-refractivity contribution in [2.75, 3.05) is 0 Å². The van der Waals surface area contributed by atoms with E-state index in [-0.39, 0.29) is 0 Å². The molecular formula is C29H20N8O. The van der Waals surface area contributed by atoms with E-state index in [1.54, 1.807) is 31.0 Å². The molecule has 0 bridgehead atoms. The Kier molecular flexibility index (Phi) is 5.29. The molecule has 9 nitrogen and oxygen atoms in total. The Morgan fingerprint density at radius 2 is 1.58 bits per heavy atom. The van der Waals surface area contributed by atoms with Gasteiger partial charge in [0.1, 0.15) is 23.4 Å². The summed E-state index contributed by atoms with van der Waals surface area (Å²) in [5, 5.41) is 7.60. The van der Waals surface area contributed by atoms with E-state index in [1.165, 1.54) is 0 Å². The summed E-state index contributed by atoms with van der Waals surface area (Å²) < 4.78 is 5.97. The highest BCUT2D eigenvalue weighted by Crippen LogP contribution is 2.31. The minimum Gasteiger partial charge on any atom is -0.487 e. The summed E-state index contributed by atoms with van der Waals surface area (Å²) in [6, 6.07) is 21.6. The summed E-state index contributed by atoms with van der Waals surface area (Å²) in [5.41, 5.74) is 8.17. The van der Waals surface area contributed by atoms with Gasteiger partial charge >= 0.3 is 0 Å². The predicted molar refractivity (Wildman–Crippen MR) is 144 cm³/mol. The maximum absolute atomic E-state index is 5.97. The van der Waals surface area contributed by atoms with Gasteiger partial charge in [-0.1, -0.05) is 30.3 Å². The third kappa shape index (κ3) is 4.01. The highest BCUT2D eigenvalue weighted by molar-refractivity contribution is 5.95. The number of aromatic amines is 2. The Labute approximate surface area is 216 Å². The standard InChI is InChI=1S/C29H20N8O/c1-2-4-18(5-3-1)17-38-21-14-20(15-31-16-21)22-6-7-24-27(33-22)28(37-36-24)29-34-23-10-13-32-25(26(23)35-29)19-8-11-30-12-9-19/h1-16H,17H2,(H,34,35)(H,36,37). The fourth-order valence-electron chi connectivity index (χ4n) is 4.37. The van der Waals surface area contributed by atoms with Crippen LogP contribution in [0.3, 0.4) is 0 Å². The Hall–Kier alpha value is -5.44. The minimum absolute atomic E-state index is 0.465. The fourth-order valence-corrected chi connectivity index (χ4v) is 4.37. The van der Waals surface area contributed by atoms with Crippen LogP contribution in [-0.2, 0) is 6.61 Å². The molecule has 1 aromatic carbocycles. The van der Waals surface area contributed by atoms with E-state index >= 15 is 0 Å². The van der Waals surface area contributed by atoms with Gasteiger partial charge in [-0.3, -0.25) is 20.1 Å². The van der Waals surface area contributed by atoms with Gasteiger partial charge in [0.2, 0.25) is 0 Å². The van der Waals surface area contributed by atoms with E-state index in [0.717, 1.165) is 44.6 Å². The van der Waals surface area contributed by atoms with Crippen LogP contribution in [0.2, 0.25) is 0 Å². The number of hydrogen-bond acceptors (Lipinski definition) is 7. The lowest BCUT2D eigenvalue weighted by Crippen LogP contribution is -1.96. The molecule has 6 heterocycles. The second-order valence-electron chi connectivity index (χ2n) is 8.73. The molecule has 0 saturated heterocycles. The van der Waals surface area contributed by atoms with Crippen molar-refractivity contribution in [1.82, 2.24) is 40.1 Å². The molecule has 9 heteroatoms. The fraction of sp³-hybridized carbons (Fsp3) is 0.0345. The SMILES string of the molecule is c1ccc(COc2cncc(-c3ccc4[nH]nc(-c5nc6c(-c7ccncc7)nccc6[nH]5)c4n3)c2)cc1. The predicted octanol–water partition coefficient (Wildman–Crippen LogP) is 5.60. The van der Waals surface area contributed by atoms with Gasteiger partial charge in [0, 0.05) is 35.9 Å². The van der Waals surface area contributed by atoms with Gasteiger partial charge in [-0.25, -0.2) is 9.97 Å². The molecular weight excluding hydrogens is 476 g/mol. The molecule has 182 valence electrons. The van der Waals surface area contributed by atoms with Crippen molar-refractivity contribution in [2.45, 2.75) is 6.61 Å². The number of rotatable bonds is 6. The number of pyridine rings is 4. The van der Waals surface area contributed by atoms with Crippen LogP contribution in [0.4, 0.5) is 0 Å². The van der Waals surface area contributed by atoms with Crippen LogP contribution in [0.25, 0.3) is 56.1 Å². The number of nitrogens with zero attached hydrogens (tertiary/aromatic N) is 6. The van der Waals surface area contributed by atoms with Crippen molar-refractivity contribution in [1.29, 1.82) is 0 Å². The molecule has 2 N–H and O–H groups in total. The van der Waals surface area contributed by atoms with E-state index in [4.69, 9.17) is 14.7 Å². The summed E-state index contributed by atoms with van der Waals surface area (Å²) >= 11 is 0. The first-order valence-electron chi connectivity index (χ1n) is 12.0. The summed E-state index contributed by atoms with van der Waals surface area (Å²) in [6.07, 6.45) is 8.73. The molecule has 38 heavy (non-hydrogen) atoms. The minimum atomic E-state index is 0.465. The first-order chi connectivity index (χ1) is 18.8. The van der Waals surface area contributed by atoms with E-state index in [1.807, 2.05) is 66.7 Å². The van der Waals surface area contributed by atoms with Gasteiger partial charge in [-0.05, 0) is 42.0 Å². The lowest BCUT2D eigenvalue weighted by Gasteiger charge is -2.08. The van der Waals surface area contributed by atoms with Crippen molar-refractivity contribution in [3.05, 3.63) is 103 Å². The molecule has 0 aliphatic carbocycles. The van der Waals surface area contributed by atoms with Crippen LogP contribution >= 0.6 is 0 Å². The maximum Gasteiger partial charge on any atom is 0.161 e. The van der Waals surface area contributed by atoms with Crippen LogP contribution in [0.1, 0.15) is 5.56 Å². The lowest BCUT2D eigenvalue weighted by atomic mass is 10.1. The summed E-state index contributed by atoms with van der Waals surface area (Å²) in [4.78, 5) is 26.2. The van der Waals surface area contributed by atoms with Crippen LogP contribution in [-0.4, -0.2) is 40.1 Å². The molecule has 7 aromatic rings. The Bertz CT molecular complexity index is 1880. The Balaban J connectivity index is 1.24. The van der Waals surface area contributed by atoms with Crippen molar-refractivity contribution in [3.8, 4) is 39.8 Å². The highest BCUT2D eigenvalue weighted by atomic mass is 16.5. The Morgan fingerprint density at radius 3 is 2.47 bits per heavy atom. The quantitative estimate of drug-likeness (QED) is 0.308. The number of nitrogens with one attached hydrogen (secondary N) is 2. The van der Waals surface area contributed by atoms with Crippen molar-refractivity contribution in [2.24, 2.45) is 0 Å². The molecule has 0 aliphatic heterocycles. The zero-order valence-corrected chi connectivity index (χ0v) is 20.0. The van der Waals surface area contributed by atoms with Crippen LogP contribution in [0.15, 0.2) is 97.7 Å². The smallest absolute Gasteiger partial charge is 0.161 e. The maximum atomic E-state index is 5.97. The molecule has 0 radical (unpaired) electrons. The van der Waals surface area contributed by atoms with Crippen molar-refractivity contribution >= 4 is 22.1 Å². The molecule has 0 saturated carbocycles. The molecule has 6 aromatic heterocycles. The first kappa shape index (κ1) is 21.8. The summed E-state index contributed by atoms with van der Waals surface area (Å²) in [6.45, 7) is 0.465. The highest BCUT2D eigenvalue weighted by Gasteiger charge is 2.17. The largest absolute Gasteiger partial charge is 0.487 e. The summed E-state index contributed by atoms with van der Waals surface area (Å²) in [5.74, 6) is 1.28. The van der Waals surface area contributed by atoms with Crippen molar-refractivity contribution < 1.29 is 4.74 Å². The van der Waals surface area contributed by atoms with Crippen LogP contribution < -0.4 is 4.74 Å². The first-order valence-corrected chi connectivity index (χ1v) is 12.0. The van der Waals surface area contributed by atoms with Crippen LogP contribution in [0.5, 0.6) is 5.75 Å². The van der Waals surface area contributed by atoms with E-state index in [2.05, 4.69) is 30.1 Å². The zero-order chi connectivity index (χ0) is 25.3. The lowest BCUT2D eigenvalue weighted by molar-refractivity contribution is 0.305. The number of H-pyrrole nitrogens is 2. The van der Waals surface area contributed by atoms with Gasteiger partial charge in [0.05, 0.1) is 28.6 Å². The number of imidazole rings is 1. The second kappa shape index (κ2) is 9.21. The number of aromatic nitrogens is 8.